The van der Waals surface area contributed by atoms with Gasteiger partial charge in [0.05, 0.1) is 26.8 Å². The van der Waals surface area contributed by atoms with Gasteiger partial charge in [-0.05, 0) is 30.3 Å². The second kappa shape index (κ2) is 18.0. The Morgan fingerprint density at radius 2 is 0.618 bits per heavy atom. The van der Waals surface area contributed by atoms with Gasteiger partial charge in [-0.3, -0.25) is 9.13 Å². The van der Waals surface area contributed by atoms with Gasteiger partial charge in [0.25, 0.3) is 0 Å². The Hall–Kier alpha value is -9.74. The summed E-state index contributed by atoms with van der Waals surface area (Å²) in [6.45, 7) is 0. The van der Waals surface area contributed by atoms with Gasteiger partial charge in [-0.2, -0.15) is 19.9 Å². The molecule has 6 aromatic heterocycles. The Morgan fingerprint density at radius 1 is 0.250 bits per heavy atom. The molecule has 0 atom stereocenters. The van der Waals surface area contributed by atoms with Crippen LogP contribution in [0, 0.1) is 0 Å². The maximum atomic E-state index is 5.08. The second-order valence-electron chi connectivity index (χ2n) is 18.6. The summed E-state index contributed by atoms with van der Waals surface area (Å²) in [6, 6.07) is 83.8. The molecule has 10 aromatic carbocycles. The first-order valence-electron chi connectivity index (χ1n) is 25.1. The number of hydrogen-bond acceptors (Lipinski definition) is 8. The van der Waals surface area contributed by atoms with E-state index >= 15 is 0 Å². The summed E-state index contributed by atoms with van der Waals surface area (Å²) in [5, 5.41) is 9.92. The van der Waals surface area contributed by atoms with Crippen molar-refractivity contribution in [2.45, 2.75) is 0 Å². The van der Waals surface area contributed by atoms with Crippen molar-refractivity contribution in [1.82, 2.24) is 39.0 Å². The molecule has 0 aliphatic rings. The molecule has 6 heterocycles. The van der Waals surface area contributed by atoms with Crippen molar-refractivity contribution < 1.29 is 0 Å². The van der Waals surface area contributed by atoms with Crippen LogP contribution in [-0.2, 0) is 0 Å². The third-order valence-corrected chi connectivity index (χ3v) is 16.5. The molecule has 0 saturated heterocycles. The van der Waals surface area contributed by atoms with E-state index in [1.165, 1.54) is 61.9 Å². The van der Waals surface area contributed by atoms with E-state index in [-0.39, 0.29) is 0 Å². The summed E-state index contributed by atoms with van der Waals surface area (Å²) in [6.07, 6.45) is 0. The molecule has 0 aliphatic heterocycles. The van der Waals surface area contributed by atoms with Crippen LogP contribution in [0.2, 0.25) is 0 Å². The van der Waals surface area contributed by atoms with Crippen molar-refractivity contribution in [2.24, 2.45) is 0 Å². The molecular formula is C66H40N8S2. The average molecular weight is 1010 g/mol. The lowest BCUT2D eigenvalue weighted by atomic mass is 10.1. The number of aromatic nitrogens is 8. The first-order valence-corrected chi connectivity index (χ1v) is 26.7. The highest BCUT2D eigenvalue weighted by Crippen LogP contribution is 2.45. The third kappa shape index (κ3) is 7.26. The van der Waals surface area contributed by atoms with Crippen molar-refractivity contribution in [1.29, 1.82) is 0 Å². The van der Waals surface area contributed by atoms with Crippen LogP contribution in [0.5, 0.6) is 0 Å². The molecule has 0 bridgehead atoms. The lowest BCUT2D eigenvalue weighted by molar-refractivity contribution is 0.953. The minimum atomic E-state index is 0.615. The molecular weight excluding hydrogens is 969 g/mol. The number of fused-ring (bicyclic) bond motifs is 14. The largest absolute Gasteiger partial charge is 0.278 e. The highest BCUT2D eigenvalue weighted by atomic mass is 32.1. The summed E-state index contributed by atoms with van der Waals surface area (Å²) < 4.78 is 9.52. The smallest absolute Gasteiger partial charge is 0.238 e. The fraction of sp³-hybridized carbons (Fsp3) is 0. The van der Waals surface area contributed by atoms with E-state index in [1.54, 1.807) is 0 Å². The summed E-state index contributed by atoms with van der Waals surface area (Å²) in [5.41, 5.74) is 8.22. The van der Waals surface area contributed by atoms with Crippen molar-refractivity contribution in [3.63, 3.8) is 0 Å². The van der Waals surface area contributed by atoms with Gasteiger partial charge >= 0.3 is 0 Å². The van der Waals surface area contributed by atoms with E-state index in [4.69, 9.17) is 29.9 Å². The highest BCUT2D eigenvalue weighted by Gasteiger charge is 2.23. The molecule has 0 aliphatic carbocycles. The predicted molar refractivity (Wildman–Crippen MR) is 316 cm³/mol. The molecule has 0 radical (unpaired) electrons. The average Bonchev–Trinajstić information content (AvgIpc) is 4.28. The number of hydrogen-bond donors (Lipinski definition) is 0. The van der Waals surface area contributed by atoms with Crippen LogP contribution >= 0.6 is 22.7 Å². The number of thiophene rings is 2. The second-order valence-corrected chi connectivity index (χ2v) is 20.7. The van der Waals surface area contributed by atoms with Crippen LogP contribution in [0.25, 0.3) is 141 Å². The minimum absolute atomic E-state index is 0.615. The Kier molecular flexibility index (Phi) is 10.4. The Labute approximate surface area is 443 Å². The van der Waals surface area contributed by atoms with Crippen molar-refractivity contribution in [2.75, 3.05) is 0 Å². The summed E-state index contributed by atoms with van der Waals surface area (Å²) >= 11 is 3.67. The van der Waals surface area contributed by atoms with Crippen LogP contribution < -0.4 is 0 Å². The summed E-state index contributed by atoms with van der Waals surface area (Å²) in [4.78, 5) is 30.0. The summed E-state index contributed by atoms with van der Waals surface area (Å²) in [5.74, 6) is 3.86. The van der Waals surface area contributed by atoms with Gasteiger partial charge in [-0.25, -0.2) is 9.97 Å². The number of para-hydroxylation sites is 2. The Bertz CT molecular complexity index is 4750. The predicted octanol–water partition coefficient (Wildman–Crippen LogP) is 17.3. The van der Waals surface area contributed by atoms with Gasteiger partial charge in [0.1, 0.15) is 0 Å². The Morgan fingerprint density at radius 3 is 1.13 bits per heavy atom. The minimum Gasteiger partial charge on any atom is -0.278 e. The van der Waals surface area contributed by atoms with E-state index < -0.39 is 0 Å². The van der Waals surface area contributed by atoms with Crippen molar-refractivity contribution >= 4 is 107 Å². The molecule has 0 amide bonds. The van der Waals surface area contributed by atoms with Crippen LogP contribution in [0.3, 0.4) is 0 Å². The van der Waals surface area contributed by atoms with Crippen molar-refractivity contribution in [3.05, 3.63) is 243 Å². The van der Waals surface area contributed by atoms with E-state index in [9.17, 15) is 0 Å². The molecule has 16 rings (SSSR count). The molecule has 16 aromatic rings. The Balaban J connectivity index is 0.000000133. The van der Waals surface area contributed by atoms with E-state index in [0.29, 0.717) is 35.2 Å². The van der Waals surface area contributed by atoms with Gasteiger partial charge in [0, 0.05) is 79.4 Å². The maximum absolute atomic E-state index is 5.08. The monoisotopic (exact) mass is 1010 g/mol. The molecule has 356 valence electrons. The molecule has 76 heavy (non-hydrogen) atoms. The summed E-state index contributed by atoms with van der Waals surface area (Å²) in [7, 11) is 0. The number of nitrogens with zero attached hydrogens (tertiary/aromatic N) is 8. The van der Waals surface area contributed by atoms with Gasteiger partial charge < -0.3 is 0 Å². The van der Waals surface area contributed by atoms with E-state index in [1.807, 2.05) is 144 Å². The van der Waals surface area contributed by atoms with E-state index in [2.05, 4.69) is 130 Å². The fourth-order valence-corrected chi connectivity index (χ4v) is 13.2. The van der Waals surface area contributed by atoms with Crippen LogP contribution in [-0.4, -0.2) is 39.0 Å². The standard InChI is InChI=1S/2C33H20N4S/c1-3-11-21(12-4-1)31-34-32(22-13-5-2-6-14-22)36-33(35-31)37-26-17-9-7-16-25(26)29-27(37)20-19-24-23-15-8-10-18-28(23)38-30(24)29;1-3-11-21(12-4-1)31-34-32(22-13-5-2-6-14-22)36-33(35-31)37-27-17-9-7-15-23(27)25-19-20-26-24-16-8-10-18-28(24)38-30(26)29(25)37/h2*1-20H. The lowest BCUT2D eigenvalue weighted by Crippen LogP contribution is -2.06. The topological polar surface area (TPSA) is 87.2 Å². The third-order valence-electron chi connectivity index (χ3n) is 14.1. The molecule has 0 N–H and O–H groups in total. The first-order chi connectivity index (χ1) is 37.7. The molecule has 0 saturated carbocycles. The van der Waals surface area contributed by atoms with E-state index in [0.717, 1.165) is 44.3 Å². The zero-order chi connectivity index (χ0) is 50.1. The zero-order valence-corrected chi connectivity index (χ0v) is 42.1. The van der Waals surface area contributed by atoms with Gasteiger partial charge in [-0.15, -0.1) is 22.7 Å². The van der Waals surface area contributed by atoms with Gasteiger partial charge in [0.2, 0.25) is 11.9 Å². The molecule has 0 fully saturated rings. The molecule has 0 spiro atoms. The SMILES string of the molecule is c1ccc(-c2nc(-c3ccccc3)nc(-n3c4ccccc4c4c5sc6ccccc6c5ccc43)n2)cc1.c1ccc(-c2nc(-c3ccccc3)nc(-n3c4ccccc4c4ccc5c6ccccc6sc5c43)n2)cc1. The van der Waals surface area contributed by atoms with Crippen LogP contribution in [0.15, 0.2) is 243 Å². The molecule has 0 unspecified atom stereocenters. The molecule has 10 heteroatoms. The molecule has 8 nitrogen and oxygen atoms in total. The fourth-order valence-electron chi connectivity index (χ4n) is 10.7. The van der Waals surface area contributed by atoms with Crippen molar-refractivity contribution in [3.8, 4) is 57.4 Å². The first kappa shape index (κ1) is 43.8. The van der Waals surface area contributed by atoms with Gasteiger partial charge in [0.15, 0.2) is 23.3 Å². The highest BCUT2D eigenvalue weighted by molar-refractivity contribution is 7.27. The van der Waals surface area contributed by atoms with Gasteiger partial charge in [-0.1, -0.05) is 212 Å². The van der Waals surface area contributed by atoms with Crippen LogP contribution in [0.4, 0.5) is 0 Å². The number of rotatable bonds is 6. The number of benzene rings is 10. The van der Waals surface area contributed by atoms with Crippen LogP contribution in [0.1, 0.15) is 0 Å². The maximum Gasteiger partial charge on any atom is 0.238 e. The quantitative estimate of drug-likeness (QED) is 0.165. The lowest BCUT2D eigenvalue weighted by Gasteiger charge is -2.11. The zero-order valence-electron chi connectivity index (χ0n) is 40.5. The normalized spacial score (nSPS) is 11.7.